The molecule has 1 aromatic carbocycles. The maximum Gasteiger partial charge on any atom is 0.159 e. The van der Waals surface area contributed by atoms with Crippen molar-refractivity contribution in [2.45, 2.75) is 9.92 Å². The van der Waals surface area contributed by atoms with Crippen LogP contribution in [-0.4, -0.2) is 4.98 Å². The minimum absolute atomic E-state index is 0.537. The second kappa shape index (κ2) is 4.80. The molecule has 0 atom stereocenters. The maximum atomic E-state index is 12.9. The number of aromatic nitrogens is 1. The summed E-state index contributed by atoms with van der Waals surface area (Å²) in [5, 5.41) is 1.21. The van der Waals surface area contributed by atoms with E-state index >= 15 is 0 Å². The molecule has 16 heavy (non-hydrogen) atoms. The molecule has 0 saturated heterocycles. The lowest BCUT2D eigenvalue weighted by Crippen LogP contribution is -1.84. The number of pyridine rings is 1. The molecule has 0 radical (unpaired) electrons. The molecule has 1 aromatic heterocycles. The first-order chi connectivity index (χ1) is 7.65. The number of hydrogen-bond acceptors (Lipinski definition) is 2. The number of halogens is 3. The van der Waals surface area contributed by atoms with E-state index in [0.717, 1.165) is 12.1 Å². The summed E-state index contributed by atoms with van der Waals surface area (Å²) in [5.41, 5.74) is 0. The molecule has 82 valence electrons. The van der Waals surface area contributed by atoms with Crippen LogP contribution >= 0.6 is 23.4 Å². The van der Waals surface area contributed by atoms with Crippen LogP contribution in [-0.2, 0) is 0 Å². The molecule has 0 fully saturated rings. The fourth-order valence-corrected chi connectivity index (χ4v) is 1.98. The fourth-order valence-electron chi connectivity index (χ4n) is 1.08. The van der Waals surface area contributed by atoms with Crippen molar-refractivity contribution in [1.82, 2.24) is 4.98 Å². The van der Waals surface area contributed by atoms with Gasteiger partial charge in [-0.25, -0.2) is 13.8 Å². The van der Waals surface area contributed by atoms with E-state index in [9.17, 15) is 8.78 Å². The van der Waals surface area contributed by atoms with Crippen molar-refractivity contribution in [3.8, 4) is 0 Å². The van der Waals surface area contributed by atoms with Gasteiger partial charge in [-0.05, 0) is 30.3 Å². The highest BCUT2D eigenvalue weighted by atomic mass is 35.5. The van der Waals surface area contributed by atoms with Crippen molar-refractivity contribution in [2.75, 3.05) is 0 Å². The third kappa shape index (κ3) is 2.71. The second-order valence-corrected chi connectivity index (χ2v) is 4.52. The van der Waals surface area contributed by atoms with Gasteiger partial charge in [-0.2, -0.15) is 0 Å². The summed E-state index contributed by atoms with van der Waals surface area (Å²) in [4.78, 5) is 4.63. The molecule has 2 aromatic rings. The highest BCUT2D eigenvalue weighted by Crippen LogP contribution is 2.27. The topological polar surface area (TPSA) is 12.9 Å². The van der Waals surface area contributed by atoms with Crippen LogP contribution in [0.2, 0.25) is 5.02 Å². The molecule has 0 aliphatic rings. The van der Waals surface area contributed by atoms with Crippen molar-refractivity contribution in [3.05, 3.63) is 53.2 Å². The molecule has 0 spiro atoms. The zero-order chi connectivity index (χ0) is 11.5. The Labute approximate surface area is 100 Å². The van der Waals surface area contributed by atoms with Crippen LogP contribution in [0.3, 0.4) is 0 Å². The molecule has 0 saturated carbocycles. The van der Waals surface area contributed by atoms with Crippen LogP contribution in [0.25, 0.3) is 0 Å². The summed E-state index contributed by atoms with van der Waals surface area (Å²) in [5.74, 6) is -1.72. The first-order valence-electron chi connectivity index (χ1n) is 4.39. The number of rotatable bonds is 2. The maximum absolute atomic E-state index is 12.9. The normalized spacial score (nSPS) is 10.4. The van der Waals surface area contributed by atoms with Crippen LogP contribution in [0.1, 0.15) is 0 Å². The average molecular weight is 258 g/mol. The van der Waals surface area contributed by atoms with Crippen LogP contribution < -0.4 is 0 Å². The largest absolute Gasteiger partial charge is 0.248 e. The summed E-state index contributed by atoms with van der Waals surface area (Å²) in [7, 11) is 0. The molecule has 1 heterocycles. The summed E-state index contributed by atoms with van der Waals surface area (Å²) in [6, 6.07) is 7.13. The lowest BCUT2D eigenvalue weighted by molar-refractivity contribution is 0.506. The van der Waals surface area contributed by atoms with Gasteiger partial charge in [0.25, 0.3) is 0 Å². The smallest absolute Gasteiger partial charge is 0.159 e. The van der Waals surface area contributed by atoms with E-state index < -0.39 is 11.6 Å². The summed E-state index contributed by atoms with van der Waals surface area (Å²) in [6.07, 6.45) is 1.50. The monoisotopic (exact) mass is 257 g/mol. The van der Waals surface area contributed by atoms with Gasteiger partial charge >= 0.3 is 0 Å². The fraction of sp³-hybridized carbons (Fsp3) is 0. The van der Waals surface area contributed by atoms with Crippen LogP contribution in [0.5, 0.6) is 0 Å². The average Bonchev–Trinajstić information content (AvgIpc) is 2.27. The second-order valence-electron chi connectivity index (χ2n) is 2.99. The third-order valence-corrected chi connectivity index (χ3v) is 2.98. The van der Waals surface area contributed by atoms with Gasteiger partial charge in [-0.3, -0.25) is 0 Å². The first-order valence-corrected chi connectivity index (χ1v) is 5.59. The van der Waals surface area contributed by atoms with E-state index in [-0.39, 0.29) is 0 Å². The van der Waals surface area contributed by atoms with Gasteiger partial charge in [-0.1, -0.05) is 23.4 Å². The molecule has 0 aliphatic heterocycles. The Morgan fingerprint density at radius 2 is 1.88 bits per heavy atom. The molecular formula is C11H6ClF2NS. The van der Waals surface area contributed by atoms with E-state index in [4.69, 9.17) is 11.6 Å². The van der Waals surface area contributed by atoms with E-state index in [1.54, 1.807) is 12.1 Å². The van der Waals surface area contributed by atoms with E-state index in [1.165, 1.54) is 24.0 Å². The Morgan fingerprint density at radius 1 is 1.06 bits per heavy atom. The zero-order valence-corrected chi connectivity index (χ0v) is 9.53. The van der Waals surface area contributed by atoms with Gasteiger partial charge in [-0.15, -0.1) is 0 Å². The van der Waals surface area contributed by atoms with Gasteiger partial charge in [0.05, 0.1) is 5.02 Å². The summed E-state index contributed by atoms with van der Waals surface area (Å²) < 4.78 is 25.6. The quantitative estimate of drug-likeness (QED) is 0.801. The zero-order valence-electron chi connectivity index (χ0n) is 7.95. The van der Waals surface area contributed by atoms with Gasteiger partial charge < -0.3 is 0 Å². The van der Waals surface area contributed by atoms with E-state index in [2.05, 4.69) is 4.98 Å². The van der Waals surface area contributed by atoms with E-state index in [1.807, 2.05) is 0 Å². The molecule has 0 unspecified atom stereocenters. The third-order valence-electron chi connectivity index (χ3n) is 1.81. The number of benzene rings is 1. The molecule has 2 rings (SSSR count). The first kappa shape index (κ1) is 11.4. The standard InChI is InChI=1S/C11H6ClF2NS/c12-7-1-4-11(15-6-7)16-8-2-3-9(13)10(14)5-8/h1-6H. The predicted octanol–water partition coefficient (Wildman–Crippen LogP) is 4.16. The lowest BCUT2D eigenvalue weighted by Gasteiger charge is -2.01. The SMILES string of the molecule is Fc1ccc(Sc2ccc(Cl)cn2)cc1F. The molecule has 0 aliphatic carbocycles. The van der Waals surface area contributed by atoms with E-state index in [0.29, 0.717) is 14.9 Å². The molecule has 5 heteroatoms. The Morgan fingerprint density at radius 3 is 2.50 bits per heavy atom. The minimum atomic E-state index is -0.862. The van der Waals surface area contributed by atoms with Crippen LogP contribution in [0.15, 0.2) is 46.5 Å². The molecule has 0 amide bonds. The molecular weight excluding hydrogens is 252 g/mol. The molecule has 0 N–H and O–H groups in total. The van der Waals surface area contributed by atoms with Crippen molar-refractivity contribution in [1.29, 1.82) is 0 Å². The van der Waals surface area contributed by atoms with Gasteiger partial charge in [0, 0.05) is 11.1 Å². The van der Waals surface area contributed by atoms with Gasteiger partial charge in [0.2, 0.25) is 0 Å². The predicted molar refractivity (Wildman–Crippen MR) is 59.7 cm³/mol. The van der Waals surface area contributed by atoms with Crippen molar-refractivity contribution in [3.63, 3.8) is 0 Å². The summed E-state index contributed by atoms with van der Waals surface area (Å²) >= 11 is 6.92. The summed E-state index contributed by atoms with van der Waals surface area (Å²) in [6.45, 7) is 0. The minimum Gasteiger partial charge on any atom is -0.248 e. The number of hydrogen-bond donors (Lipinski definition) is 0. The highest BCUT2D eigenvalue weighted by molar-refractivity contribution is 7.99. The van der Waals surface area contributed by atoms with Crippen LogP contribution in [0.4, 0.5) is 8.78 Å². The van der Waals surface area contributed by atoms with Crippen LogP contribution in [0, 0.1) is 11.6 Å². The van der Waals surface area contributed by atoms with Gasteiger partial charge in [0.15, 0.2) is 11.6 Å². The van der Waals surface area contributed by atoms with Crippen molar-refractivity contribution >= 4 is 23.4 Å². The number of nitrogens with zero attached hydrogens (tertiary/aromatic N) is 1. The molecule has 0 bridgehead atoms. The van der Waals surface area contributed by atoms with Gasteiger partial charge in [0.1, 0.15) is 5.03 Å². The highest BCUT2D eigenvalue weighted by Gasteiger charge is 2.04. The van der Waals surface area contributed by atoms with Crippen molar-refractivity contribution < 1.29 is 8.78 Å². The molecule has 1 nitrogen and oxygen atoms in total. The Kier molecular flexibility index (Phi) is 3.41. The lowest BCUT2D eigenvalue weighted by atomic mass is 10.3. The Hall–Kier alpha value is -1.13. The Bertz CT molecular complexity index is 502. The Balaban J connectivity index is 2.20. The van der Waals surface area contributed by atoms with Crippen molar-refractivity contribution in [2.24, 2.45) is 0 Å².